The van der Waals surface area contributed by atoms with Crippen LogP contribution in [0.2, 0.25) is 0 Å². The van der Waals surface area contributed by atoms with Crippen LogP contribution in [0.25, 0.3) is 11.1 Å². The SMILES string of the molecule is CN(CC(=O)O)C(=O)[C@H]1CCCC[C@H]1NC(=O)OCC1c2ccccc2-c2ccccc21. The zero-order valence-electron chi connectivity index (χ0n) is 18.1. The van der Waals surface area contributed by atoms with Crippen LogP contribution in [0.3, 0.4) is 0 Å². The van der Waals surface area contributed by atoms with Crippen LogP contribution in [-0.2, 0) is 14.3 Å². The number of rotatable bonds is 6. The number of alkyl carbamates (subject to hydrolysis) is 1. The van der Waals surface area contributed by atoms with Gasteiger partial charge in [0, 0.05) is 19.0 Å². The van der Waals surface area contributed by atoms with Gasteiger partial charge in [0.25, 0.3) is 0 Å². The lowest BCUT2D eigenvalue weighted by atomic mass is 9.83. The Morgan fingerprint density at radius 3 is 2.22 bits per heavy atom. The van der Waals surface area contributed by atoms with Crippen molar-refractivity contribution in [2.24, 2.45) is 5.92 Å². The summed E-state index contributed by atoms with van der Waals surface area (Å²) in [5.74, 6) is -1.78. The highest BCUT2D eigenvalue weighted by atomic mass is 16.5. The van der Waals surface area contributed by atoms with Gasteiger partial charge in [-0.3, -0.25) is 9.59 Å². The molecule has 7 nitrogen and oxygen atoms in total. The van der Waals surface area contributed by atoms with Crippen molar-refractivity contribution in [3.8, 4) is 11.1 Å². The fourth-order valence-corrected chi connectivity index (χ4v) is 4.95. The largest absolute Gasteiger partial charge is 0.480 e. The van der Waals surface area contributed by atoms with Crippen molar-refractivity contribution in [1.82, 2.24) is 10.2 Å². The molecule has 2 aromatic rings. The molecule has 2 aliphatic carbocycles. The molecule has 2 aromatic carbocycles. The highest BCUT2D eigenvalue weighted by Gasteiger charge is 2.35. The molecule has 168 valence electrons. The van der Waals surface area contributed by atoms with Crippen LogP contribution < -0.4 is 5.32 Å². The van der Waals surface area contributed by atoms with Crippen LogP contribution in [0, 0.1) is 5.92 Å². The van der Waals surface area contributed by atoms with Crippen molar-refractivity contribution < 1.29 is 24.2 Å². The number of carboxylic acids is 1. The first-order chi connectivity index (χ1) is 15.5. The topological polar surface area (TPSA) is 95.9 Å². The Hall–Kier alpha value is -3.35. The van der Waals surface area contributed by atoms with E-state index in [1.54, 1.807) is 0 Å². The molecule has 0 aliphatic heterocycles. The standard InChI is InChI=1S/C25H28N2O5/c1-27(14-23(28)29)24(30)20-12-6-7-13-22(20)26-25(31)32-15-21-18-10-4-2-8-16(18)17-9-3-5-11-19(17)21/h2-5,8-11,20-22H,6-7,12-15H2,1H3,(H,26,31)(H,28,29)/t20-,22+/m0/s1. The van der Waals surface area contributed by atoms with E-state index in [4.69, 9.17) is 9.84 Å². The quantitative estimate of drug-likeness (QED) is 0.721. The third kappa shape index (κ3) is 4.47. The van der Waals surface area contributed by atoms with Gasteiger partial charge in [0.15, 0.2) is 0 Å². The summed E-state index contributed by atoms with van der Waals surface area (Å²) in [5, 5.41) is 11.8. The van der Waals surface area contributed by atoms with E-state index in [1.807, 2.05) is 24.3 Å². The van der Waals surface area contributed by atoms with Crippen LogP contribution in [0.1, 0.15) is 42.7 Å². The number of hydrogen-bond donors (Lipinski definition) is 2. The van der Waals surface area contributed by atoms with Crippen molar-refractivity contribution >= 4 is 18.0 Å². The maximum atomic E-state index is 12.7. The van der Waals surface area contributed by atoms with Crippen LogP contribution in [0.4, 0.5) is 4.79 Å². The molecule has 0 bridgehead atoms. The van der Waals surface area contributed by atoms with Gasteiger partial charge in [0.05, 0.1) is 5.92 Å². The minimum Gasteiger partial charge on any atom is -0.480 e. The lowest BCUT2D eigenvalue weighted by Crippen LogP contribution is -2.49. The molecule has 2 amide bonds. The number of nitrogens with zero attached hydrogens (tertiary/aromatic N) is 1. The number of ether oxygens (including phenoxy) is 1. The van der Waals surface area contributed by atoms with Gasteiger partial charge in [0.1, 0.15) is 13.2 Å². The lowest BCUT2D eigenvalue weighted by Gasteiger charge is -2.33. The molecule has 32 heavy (non-hydrogen) atoms. The Morgan fingerprint density at radius 2 is 1.59 bits per heavy atom. The molecule has 0 heterocycles. The first-order valence-electron chi connectivity index (χ1n) is 11.0. The fourth-order valence-electron chi connectivity index (χ4n) is 4.95. The highest BCUT2D eigenvalue weighted by molar-refractivity contribution is 5.84. The number of hydrogen-bond acceptors (Lipinski definition) is 4. The van der Waals surface area contributed by atoms with Gasteiger partial charge in [-0.15, -0.1) is 0 Å². The smallest absolute Gasteiger partial charge is 0.407 e. The molecule has 2 N–H and O–H groups in total. The molecule has 0 spiro atoms. The maximum absolute atomic E-state index is 12.7. The summed E-state index contributed by atoms with van der Waals surface area (Å²) in [6.07, 6.45) is 2.52. The Bertz CT molecular complexity index is 975. The highest BCUT2D eigenvalue weighted by Crippen LogP contribution is 2.44. The molecule has 0 radical (unpaired) electrons. The summed E-state index contributed by atoms with van der Waals surface area (Å²) in [7, 11) is 1.48. The number of carboxylic acid groups (broad SMARTS) is 1. The van der Waals surface area contributed by atoms with Gasteiger partial charge < -0.3 is 20.1 Å². The van der Waals surface area contributed by atoms with E-state index in [0.29, 0.717) is 12.8 Å². The molecule has 1 saturated carbocycles. The second-order valence-electron chi connectivity index (χ2n) is 8.56. The molecule has 0 saturated heterocycles. The van der Waals surface area contributed by atoms with E-state index < -0.39 is 18.0 Å². The van der Waals surface area contributed by atoms with E-state index in [1.165, 1.54) is 11.9 Å². The summed E-state index contributed by atoms with van der Waals surface area (Å²) < 4.78 is 5.63. The fraction of sp³-hybridized carbons (Fsp3) is 0.400. The number of carbonyl (C=O) groups excluding carboxylic acids is 2. The molecule has 0 unspecified atom stereocenters. The number of carbonyl (C=O) groups is 3. The average molecular weight is 437 g/mol. The van der Waals surface area contributed by atoms with Gasteiger partial charge in [-0.05, 0) is 35.1 Å². The molecule has 1 fully saturated rings. The summed E-state index contributed by atoms with van der Waals surface area (Å²) in [6, 6.07) is 15.9. The second-order valence-corrected chi connectivity index (χ2v) is 8.56. The van der Waals surface area contributed by atoms with Crippen molar-refractivity contribution in [2.75, 3.05) is 20.2 Å². The van der Waals surface area contributed by atoms with Gasteiger partial charge in [0.2, 0.25) is 5.91 Å². The first-order valence-corrected chi connectivity index (χ1v) is 11.0. The maximum Gasteiger partial charge on any atom is 0.407 e. The predicted molar refractivity (Wildman–Crippen MR) is 119 cm³/mol. The lowest BCUT2D eigenvalue weighted by molar-refractivity contribution is -0.146. The Labute approximate surface area is 187 Å². The van der Waals surface area contributed by atoms with Crippen LogP contribution in [0.5, 0.6) is 0 Å². The second kappa shape index (κ2) is 9.42. The van der Waals surface area contributed by atoms with Crippen LogP contribution in [-0.4, -0.2) is 54.2 Å². The number of nitrogens with one attached hydrogen (secondary N) is 1. The van der Waals surface area contributed by atoms with Gasteiger partial charge in [-0.2, -0.15) is 0 Å². The number of aliphatic carboxylic acids is 1. The average Bonchev–Trinajstić information content (AvgIpc) is 3.11. The number of amides is 2. The summed E-state index contributed by atoms with van der Waals surface area (Å²) in [6.45, 7) is -0.142. The van der Waals surface area contributed by atoms with E-state index in [2.05, 4.69) is 29.6 Å². The number of likely N-dealkylation sites (N-methyl/N-ethyl adjacent to an activating group) is 1. The van der Waals surface area contributed by atoms with E-state index in [9.17, 15) is 14.4 Å². The Kier molecular flexibility index (Phi) is 6.44. The summed E-state index contributed by atoms with van der Waals surface area (Å²) in [4.78, 5) is 37.6. The van der Waals surface area contributed by atoms with Gasteiger partial charge in [-0.1, -0.05) is 61.4 Å². The third-order valence-corrected chi connectivity index (χ3v) is 6.48. The first kappa shape index (κ1) is 21.9. The van der Waals surface area contributed by atoms with Crippen molar-refractivity contribution in [3.63, 3.8) is 0 Å². The van der Waals surface area contributed by atoms with E-state index in [0.717, 1.165) is 35.1 Å². The monoisotopic (exact) mass is 436 g/mol. The van der Waals surface area contributed by atoms with Crippen molar-refractivity contribution in [2.45, 2.75) is 37.6 Å². The van der Waals surface area contributed by atoms with Gasteiger partial charge >= 0.3 is 12.1 Å². The summed E-state index contributed by atoms with van der Waals surface area (Å²) >= 11 is 0. The normalized spacial score (nSPS) is 19.5. The van der Waals surface area contributed by atoms with E-state index >= 15 is 0 Å². The summed E-state index contributed by atoms with van der Waals surface area (Å²) in [5.41, 5.74) is 4.61. The Balaban J connectivity index is 1.40. The molecular weight excluding hydrogens is 408 g/mol. The van der Waals surface area contributed by atoms with Crippen LogP contribution in [0.15, 0.2) is 48.5 Å². The minimum absolute atomic E-state index is 0.0290. The molecule has 4 rings (SSSR count). The number of fused-ring (bicyclic) bond motifs is 3. The third-order valence-electron chi connectivity index (χ3n) is 6.48. The molecule has 0 aromatic heterocycles. The molecule has 2 aliphatic rings. The van der Waals surface area contributed by atoms with Crippen LogP contribution >= 0.6 is 0 Å². The van der Waals surface area contributed by atoms with Crippen molar-refractivity contribution in [3.05, 3.63) is 59.7 Å². The molecular formula is C25H28N2O5. The minimum atomic E-state index is -1.06. The molecule has 7 heteroatoms. The zero-order valence-corrected chi connectivity index (χ0v) is 18.1. The molecule has 2 atom stereocenters. The predicted octanol–water partition coefficient (Wildman–Crippen LogP) is 3.63. The Morgan fingerprint density at radius 1 is 1.00 bits per heavy atom. The number of benzene rings is 2. The zero-order chi connectivity index (χ0) is 22.7. The van der Waals surface area contributed by atoms with Crippen molar-refractivity contribution in [1.29, 1.82) is 0 Å². The van der Waals surface area contributed by atoms with E-state index in [-0.39, 0.29) is 31.0 Å². The van der Waals surface area contributed by atoms with Gasteiger partial charge in [-0.25, -0.2) is 4.79 Å².